The van der Waals surface area contributed by atoms with Gasteiger partial charge < -0.3 is 5.32 Å². The van der Waals surface area contributed by atoms with Crippen molar-refractivity contribution >= 4 is 12.4 Å². The molecule has 0 atom stereocenters. The van der Waals surface area contributed by atoms with E-state index in [1.54, 1.807) is 0 Å². The van der Waals surface area contributed by atoms with Gasteiger partial charge in [0, 0.05) is 6.54 Å². The van der Waals surface area contributed by atoms with E-state index in [1.807, 2.05) is 6.92 Å². The molecule has 0 rings (SSSR count). The molecule has 0 radical (unpaired) electrons. The molecule has 4 heteroatoms. The molecule has 46 valence electrons. The molecule has 0 saturated carbocycles. The average molecular weight is 115 g/mol. The van der Waals surface area contributed by atoms with E-state index in [0.717, 1.165) is 6.34 Å². The predicted octanol–water partition coefficient (Wildman–Crippen LogP) is -0.0874. The fourth-order valence-electron chi connectivity index (χ4n) is 0.277. The second kappa shape index (κ2) is 4.11. The van der Waals surface area contributed by atoms with Crippen molar-refractivity contribution in [3.05, 3.63) is 0 Å². The fraction of sp³-hybridized carbons (Fsp3) is 0.500. The molecular formula is C4H9N3O. The van der Waals surface area contributed by atoms with Gasteiger partial charge >= 0.3 is 6.03 Å². The van der Waals surface area contributed by atoms with Crippen molar-refractivity contribution in [3.63, 3.8) is 0 Å². The summed E-state index contributed by atoms with van der Waals surface area (Å²) < 4.78 is 0. The van der Waals surface area contributed by atoms with Gasteiger partial charge in [-0.1, -0.05) is 0 Å². The first-order chi connectivity index (χ1) is 3.81. The highest BCUT2D eigenvalue weighted by Crippen LogP contribution is 1.57. The van der Waals surface area contributed by atoms with Crippen LogP contribution in [0.2, 0.25) is 0 Å². The molecule has 0 fully saturated rings. The van der Waals surface area contributed by atoms with Crippen LogP contribution in [-0.2, 0) is 0 Å². The van der Waals surface area contributed by atoms with Crippen molar-refractivity contribution in [1.82, 2.24) is 10.6 Å². The second-order valence-corrected chi connectivity index (χ2v) is 1.15. The van der Waals surface area contributed by atoms with Crippen molar-refractivity contribution < 1.29 is 4.79 Å². The van der Waals surface area contributed by atoms with Gasteiger partial charge in [0.15, 0.2) is 0 Å². The summed E-state index contributed by atoms with van der Waals surface area (Å²) in [5.41, 5.74) is 0. The Hall–Kier alpha value is -1.06. The maximum absolute atomic E-state index is 10.3. The number of urea groups is 1. The molecule has 0 heterocycles. The normalized spacial score (nSPS) is 7.62. The van der Waals surface area contributed by atoms with Gasteiger partial charge in [0.25, 0.3) is 0 Å². The van der Waals surface area contributed by atoms with Gasteiger partial charge in [0.2, 0.25) is 0 Å². The van der Waals surface area contributed by atoms with Gasteiger partial charge in [0.1, 0.15) is 0 Å². The molecule has 3 N–H and O–H groups in total. The Morgan fingerprint density at radius 1 is 1.88 bits per heavy atom. The van der Waals surface area contributed by atoms with Gasteiger partial charge in [-0.2, -0.15) is 0 Å². The molecule has 4 nitrogen and oxygen atoms in total. The number of carbonyl (C=O) groups excluding carboxylic acids is 1. The zero-order valence-electron chi connectivity index (χ0n) is 4.69. The van der Waals surface area contributed by atoms with Crippen LogP contribution in [0.5, 0.6) is 0 Å². The molecule has 0 aliphatic rings. The topological polar surface area (TPSA) is 65.0 Å². The molecule has 0 bridgehead atoms. The average Bonchev–Trinajstić information content (AvgIpc) is 1.68. The van der Waals surface area contributed by atoms with Crippen molar-refractivity contribution in [2.75, 3.05) is 6.54 Å². The monoisotopic (exact) mass is 115 g/mol. The van der Waals surface area contributed by atoms with Gasteiger partial charge in [-0.05, 0) is 6.92 Å². The van der Waals surface area contributed by atoms with Crippen LogP contribution < -0.4 is 10.6 Å². The highest BCUT2D eigenvalue weighted by atomic mass is 16.2. The summed E-state index contributed by atoms with van der Waals surface area (Å²) in [5, 5.41) is 11.0. The summed E-state index contributed by atoms with van der Waals surface area (Å²) in [6, 6.07) is -0.331. The third-order valence-corrected chi connectivity index (χ3v) is 0.541. The smallest absolute Gasteiger partial charge is 0.319 e. The van der Waals surface area contributed by atoms with E-state index >= 15 is 0 Å². The van der Waals surface area contributed by atoms with E-state index in [-0.39, 0.29) is 6.03 Å². The SMILES string of the molecule is CCNC(=O)NC=N. The van der Waals surface area contributed by atoms with Crippen LogP contribution in [0.15, 0.2) is 0 Å². The van der Waals surface area contributed by atoms with Crippen LogP contribution in [0.4, 0.5) is 4.79 Å². The first kappa shape index (κ1) is 6.94. The quantitative estimate of drug-likeness (QED) is 0.342. The molecule has 2 amide bonds. The van der Waals surface area contributed by atoms with Crippen molar-refractivity contribution in [1.29, 1.82) is 5.41 Å². The highest BCUT2D eigenvalue weighted by molar-refractivity contribution is 5.84. The Bertz CT molecular complexity index is 91.3. The maximum atomic E-state index is 10.3. The van der Waals surface area contributed by atoms with Gasteiger partial charge in [-0.25, -0.2) is 4.79 Å². The molecule has 0 unspecified atom stereocenters. The van der Waals surface area contributed by atoms with E-state index in [4.69, 9.17) is 5.41 Å². The van der Waals surface area contributed by atoms with Crippen LogP contribution >= 0.6 is 0 Å². The number of nitrogens with one attached hydrogen (secondary N) is 3. The number of rotatable bonds is 2. The molecule has 0 aliphatic carbocycles. The standard InChI is InChI=1S/C4H9N3O/c1-2-6-4(8)7-3-5/h3H,2H2,1H3,(H3,5,6,7,8). The van der Waals surface area contributed by atoms with Crippen LogP contribution in [-0.4, -0.2) is 18.9 Å². The van der Waals surface area contributed by atoms with E-state index in [1.165, 1.54) is 0 Å². The first-order valence-corrected chi connectivity index (χ1v) is 2.34. The van der Waals surface area contributed by atoms with E-state index in [2.05, 4.69) is 10.6 Å². The zero-order chi connectivity index (χ0) is 6.41. The maximum Gasteiger partial charge on any atom is 0.319 e. The van der Waals surface area contributed by atoms with E-state index in [0.29, 0.717) is 6.54 Å². The number of amides is 2. The third-order valence-electron chi connectivity index (χ3n) is 0.541. The minimum Gasteiger partial charge on any atom is -0.338 e. The first-order valence-electron chi connectivity index (χ1n) is 2.34. The highest BCUT2D eigenvalue weighted by Gasteiger charge is 1.88. The largest absolute Gasteiger partial charge is 0.338 e. The van der Waals surface area contributed by atoms with E-state index in [9.17, 15) is 4.79 Å². The fourth-order valence-corrected chi connectivity index (χ4v) is 0.277. The number of hydrogen-bond acceptors (Lipinski definition) is 2. The molecule has 0 aliphatic heterocycles. The summed E-state index contributed by atoms with van der Waals surface area (Å²) >= 11 is 0. The Labute approximate surface area is 47.8 Å². The Balaban J connectivity index is 3.18. The van der Waals surface area contributed by atoms with Crippen LogP contribution in [0.25, 0.3) is 0 Å². The lowest BCUT2D eigenvalue weighted by molar-refractivity contribution is 0.246. The Morgan fingerprint density at radius 2 is 2.50 bits per heavy atom. The van der Waals surface area contributed by atoms with Crippen molar-refractivity contribution in [2.24, 2.45) is 0 Å². The van der Waals surface area contributed by atoms with Gasteiger partial charge in [-0.3, -0.25) is 10.7 Å². The third kappa shape index (κ3) is 3.14. The molecular weight excluding hydrogens is 106 g/mol. The summed E-state index contributed by atoms with van der Waals surface area (Å²) in [4.78, 5) is 10.3. The second-order valence-electron chi connectivity index (χ2n) is 1.15. The summed E-state index contributed by atoms with van der Waals surface area (Å²) in [7, 11) is 0. The minimum atomic E-state index is -0.331. The molecule has 0 aromatic heterocycles. The lowest BCUT2D eigenvalue weighted by Gasteiger charge is -1.96. The van der Waals surface area contributed by atoms with Gasteiger partial charge in [-0.15, -0.1) is 0 Å². The molecule has 8 heavy (non-hydrogen) atoms. The predicted molar refractivity (Wildman–Crippen MR) is 31.0 cm³/mol. The van der Waals surface area contributed by atoms with Crippen LogP contribution in [0, 0.1) is 5.41 Å². The lowest BCUT2D eigenvalue weighted by Crippen LogP contribution is -2.33. The Morgan fingerprint density at radius 3 is 2.88 bits per heavy atom. The molecule has 0 aromatic carbocycles. The molecule has 0 saturated heterocycles. The van der Waals surface area contributed by atoms with Crippen molar-refractivity contribution in [3.8, 4) is 0 Å². The lowest BCUT2D eigenvalue weighted by atomic mass is 10.7. The number of hydrogen-bond donors (Lipinski definition) is 3. The Kier molecular flexibility index (Phi) is 3.56. The summed E-state index contributed by atoms with van der Waals surface area (Å²) in [6.45, 7) is 2.39. The van der Waals surface area contributed by atoms with E-state index < -0.39 is 0 Å². The summed E-state index contributed by atoms with van der Waals surface area (Å²) in [5.74, 6) is 0. The molecule has 0 aromatic rings. The summed E-state index contributed by atoms with van der Waals surface area (Å²) in [6.07, 6.45) is 0.838. The zero-order valence-corrected chi connectivity index (χ0v) is 4.69. The van der Waals surface area contributed by atoms with Crippen molar-refractivity contribution in [2.45, 2.75) is 6.92 Å². The minimum absolute atomic E-state index is 0.331. The van der Waals surface area contributed by atoms with Gasteiger partial charge in [0.05, 0.1) is 6.34 Å². The van der Waals surface area contributed by atoms with Crippen LogP contribution in [0.3, 0.4) is 0 Å². The van der Waals surface area contributed by atoms with Crippen LogP contribution in [0.1, 0.15) is 6.92 Å². The molecule has 0 spiro atoms. The number of carbonyl (C=O) groups is 1.